The molecule has 7 nitrogen and oxygen atoms in total. The number of methoxy groups -OCH3 is 1. The number of hydrogen-bond acceptors (Lipinski definition) is 5. The van der Waals surface area contributed by atoms with Crippen LogP contribution >= 0.6 is 0 Å². The number of hydrogen-bond donors (Lipinski definition) is 2. The zero-order valence-electron chi connectivity index (χ0n) is 10.5. The van der Waals surface area contributed by atoms with Crippen LogP contribution in [0.15, 0.2) is 18.2 Å². The van der Waals surface area contributed by atoms with Gasteiger partial charge in [0.25, 0.3) is 5.91 Å². The first-order valence-electron chi connectivity index (χ1n) is 5.93. The number of carbonyl (C=O) groups is 1. The van der Waals surface area contributed by atoms with Crippen LogP contribution < -0.4 is 15.4 Å². The molecule has 102 valence electrons. The molecule has 0 aliphatic carbocycles. The van der Waals surface area contributed by atoms with E-state index >= 15 is 0 Å². The monoisotopic (exact) mass is 265 g/mol. The van der Waals surface area contributed by atoms with E-state index in [9.17, 15) is 14.9 Å². The Labute approximate surface area is 110 Å². The molecule has 7 heteroatoms. The quantitative estimate of drug-likeness (QED) is 0.599. The fraction of sp³-hybridized carbons (Fsp3) is 0.417. The standard InChI is InChI=1S/C12H15N3O4/c1-19-11-4-9(2-3-10(11)15(17)18)12(16)14-7-8-5-13-6-8/h2-4,8,13H,5-7H2,1H3,(H,14,16). The van der Waals surface area contributed by atoms with Crippen LogP contribution in [0.4, 0.5) is 5.69 Å². The van der Waals surface area contributed by atoms with Gasteiger partial charge >= 0.3 is 5.69 Å². The number of rotatable bonds is 5. The summed E-state index contributed by atoms with van der Waals surface area (Å²) in [5.74, 6) is 0.298. The highest BCUT2D eigenvalue weighted by Gasteiger charge is 2.20. The summed E-state index contributed by atoms with van der Waals surface area (Å²) in [6.45, 7) is 2.42. The lowest BCUT2D eigenvalue weighted by Crippen LogP contribution is -2.48. The molecule has 1 aliphatic heterocycles. The molecular weight excluding hydrogens is 250 g/mol. The first-order chi connectivity index (χ1) is 9.11. The Morgan fingerprint density at radius 2 is 2.32 bits per heavy atom. The summed E-state index contributed by atoms with van der Waals surface area (Å²) in [6.07, 6.45) is 0. The molecular formula is C12H15N3O4. The van der Waals surface area contributed by atoms with Crippen LogP contribution in [0.3, 0.4) is 0 Å². The van der Waals surface area contributed by atoms with Gasteiger partial charge in [0.1, 0.15) is 0 Å². The topological polar surface area (TPSA) is 93.5 Å². The molecule has 2 rings (SSSR count). The lowest BCUT2D eigenvalue weighted by Gasteiger charge is -2.27. The molecule has 1 heterocycles. The van der Waals surface area contributed by atoms with Crippen molar-refractivity contribution in [2.75, 3.05) is 26.7 Å². The van der Waals surface area contributed by atoms with E-state index in [-0.39, 0.29) is 17.3 Å². The third kappa shape index (κ3) is 3.00. The van der Waals surface area contributed by atoms with Gasteiger partial charge in [0.2, 0.25) is 0 Å². The maximum absolute atomic E-state index is 11.9. The first-order valence-corrected chi connectivity index (χ1v) is 5.93. The molecule has 1 fully saturated rings. The minimum absolute atomic E-state index is 0.0861. The molecule has 0 saturated carbocycles. The van der Waals surface area contributed by atoms with E-state index in [2.05, 4.69) is 10.6 Å². The second kappa shape index (κ2) is 5.66. The molecule has 0 aromatic heterocycles. The Morgan fingerprint density at radius 1 is 1.58 bits per heavy atom. The predicted octanol–water partition coefficient (Wildman–Crippen LogP) is 0.553. The lowest BCUT2D eigenvalue weighted by atomic mass is 10.0. The molecule has 0 bridgehead atoms. The van der Waals surface area contributed by atoms with E-state index in [1.54, 1.807) is 0 Å². The van der Waals surface area contributed by atoms with Crippen molar-refractivity contribution in [3.05, 3.63) is 33.9 Å². The summed E-state index contributed by atoms with van der Waals surface area (Å²) < 4.78 is 4.92. The number of nitro benzene ring substituents is 1. The van der Waals surface area contributed by atoms with Gasteiger partial charge in [0.05, 0.1) is 12.0 Å². The minimum atomic E-state index is -0.541. The number of benzene rings is 1. The van der Waals surface area contributed by atoms with Crippen molar-refractivity contribution in [2.24, 2.45) is 5.92 Å². The molecule has 1 amide bonds. The maximum atomic E-state index is 11.9. The number of nitro groups is 1. The van der Waals surface area contributed by atoms with Gasteiger partial charge in [-0.15, -0.1) is 0 Å². The molecule has 0 spiro atoms. The van der Waals surface area contributed by atoms with E-state index in [4.69, 9.17) is 4.74 Å². The average molecular weight is 265 g/mol. The van der Waals surface area contributed by atoms with Crippen LogP contribution in [-0.2, 0) is 0 Å². The van der Waals surface area contributed by atoms with Crippen molar-refractivity contribution in [2.45, 2.75) is 0 Å². The van der Waals surface area contributed by atoms with Gasteiger partial charge in [-0.25, -0.2) is 0 Å². The molecule has 2 N–H and O–H groups in total. The van der Waals surface area contributed by atoms with Crippen LogP contribution in [0, 0.1) is 16.0 Å². The van der Waals surface area contributed by atoms with Gasteiger partial charge in [0, 0.05) is 43.2 Å². The third-order valence-electron chi connectivity index (χ3n) is 3.06. The van der Waals surface area contributed by atoms with Crippen molar-refractivity contribution >= 4 is 11.6 Å². The lowest BCUT2D eigenvalue weighted by molar-refractivity contribution is -0.385. The van der Waals surface area contributed by atoms with E-state index in [1.165, 1.54) is 25.3 Å². The fourth-order valence-electron chi connectivity index (χ4n) is 1.80. The van der Waals surface area contributed by atoms with Crippen molar-refractivity contribution in [1.82, 2.24) is 10.6 Å². The molecule has 1 aromatic rings. The van der Waals surface area contributed by atoms with Crippen molar-refractivity contribution < 1.29 is 14.5 Å². The van der Waals surface area contributed by atoms with E-state index in [0.29, 0.717) is 18.0 Å². The van der Waals surface area contributed by atoms with E-state index < -0.39 is 4.92 Å². The molecule has 19 heavy (non-hydrogen) atoms. The molecule has 1 aliphatic rings. The van der Waals surface area contributed by atoms with Gasteiger partial charge in [-0.1, -0.05) is 0 Å². The Morgan fingerprint density at radius 3 is 2.84 bits per heavy atom. The predicted molar refractivity (Wildman–Crippen MR) is 68.3 cm³/mol. The van der Waals surface area contributed by atoms with Gasteiger partial charge < -0.3 is 15.4 Å². The van der Waals surface area contributed by atoms with Crippen LogP contribution in [-0.4, -0.2) is 37.6 Å². The van der Waals surface area contributed by atoms with Crippen molar-refractivity contribution in [3.8, 4) is 5.75 Å². The second-order valence-electron chi connectivity index (χ2n) is 4.38. The minimum Gasteiger partial charge on any atom is -0.490 e. The van der Waals surface area contributed by atoms with Gasteiger partial charge in [-0.3, -0.25) is 14.9 Å². The third-order valence-corrected chi connectivity index (χ3v) is 3.06. The Balaban J connectivity index is 2.06. The van der Waals surface area contributed by atoms with Crippen molar-refractivity contribution in [1.29, 1.82) is 0 Å². The average Bonchev–Trinajstić information content (AvgIpc) is 2.35. The van der Waals surface area contributed by atoms with Crippen molar-refractivity contribution in [3.63, 3.8) is 0 Å². The summed E-state index contributed by atoms with van der Waals surface area (Å²) in [6, 6.07) is 4.08. The number of amides is 1. The zero-order chi connectivity index (χ0) is 13.8. The van der Waals surface area contributed by atoms with Crippen LogP contribution in [0.2, 0.25) is 0 Å². The smallest absolute Gasteiger partial charge is 0.310 e. The Kier molecular flexibility index (Phi) is 3.96. The highest BCUT2D eigenvalue weighted by molar-refractivity contribution is 5.95. The van der Waals surface area contributed by atoms with Gasteiger partial charge in [-0.05, 0) is 6.07 Å². The van der Waals surface area contributed by atoms with Gasteiger partial charge in [-0.2, -0.15) is 0 Å². The Bertz CT molecular complexity index is 500. The van der Waals surface area contributed by atoms with E-state index in [0.717, 1.165) is 13.1 Å². The molecule has 0 radical (unpaired) electrons. The zero-order valence-corrected chi connectivity index (χ0v) is 10.5. The SMILES string of the molecule is COc1cc(C(=O)NCC2CNC2)ccc1[N+](=O)[O-]. The summed E-state index contributed by atoms with van der Waals surface area (Å²) in [5.41, 5.74) is 0.206. The fourth-order valence-corrected chi connectivity index (χ4v) is 1.80. The number of nitrogens with zero attached hydrogens (tertiary/aromatic N) is 1. The second-order valence-corrected chi connectivity index (χ2v) is 4.38. The maximum Gasteiger partial charge on any atom is 0.310 e. The van der Waals surface area contributed by atoms with E-state index in [1.807, 2.05) is 0 Å². The largest absolute Gasteiger partial charge is 0.490 e. The summed E-state index contributed by atoms with van der Waals surface area (Å²) in [7, 11) is 1.34. The highest BCUT2D eigenvalue weighted by atomic mass is 16.6. The van der Waals surface area contributed by atoms with Crippen LogP contribution in [0.1, 0.15) is 10.4 Å². The van der Waals surface area contributed by atoms with Crippen LogP contribution in [0.5, 0.6) is 5.75 Å². The number of nitrogens with one attached hydrogen (secondary N) is 2. The Hall–Kier alpha value is -2.15. The summed E-state index contributed by atoms with van der Waals surface area (Å²) >= 11 is 0. The number of ether oxygens (including phenoxy) is 1. The first kappa shape index (κ1) is 13.3. The number of carbonyl (C=O) groups excluding carboxylic acids is 1. The molecule has 1 aromatic carbocycles. The summed E-state index contributed by atoms with van der Waals surface area (Å²) in [5, 5.41) is 16.7. The molecule has 0 unspecified atom stereocenters. The van der Waals surface area contributed by atoms with Crippen LogP contribution in [0.25, 0.3) is 0 Å². The molecule has 0 atom stereocenters. The normalized spacial score (nSPS) is 14.6. The summed E-state index contributed by atoms with van der Waals surface area (Å²) in [4.78, 5) is 22.1. The van der Waals surface area contributed by atoms with Gasteiger partial charge in [0.15, 0.2) is 5.75 Å². The highest BCUT2D eigenvalue weighted by Crippen LogP contribution is 2.27. The molecule has 1 saturated heterocycles.